The van der Waals surface area contributed by atoms with Crippen molar-refractivity contribution in [1.82, 2.24) is 0 Å². The molecule has 0 bridgehead atoms. The van der Waals surface area contributed by atoms with Gasteiger partial charge in [0.1, 0.15) is 0 Å². The molecule has 2 N–H and O–H groups in total. The topological polar surface area (TPSA) is 75.6 Å². The summed E-state index contributed by atoms with van der Waals surface area (Å²) in [4.78, 5) is 22.0. The first kappa shape index (κ1) is 13.0. The molecular weight excluding hydrogens is 222 g/mol. The molecule has 0 aliphatic heterocycles. The number of hydrogen-bond acceptors (Lipinski definition) is 4. The Balaban J connectivity index is 2.52. The Morgan fingerprint density at radius 2 is 2.06 bits per heavy atom. The third kappa shape index (κ3) is 4.14. The number of carboxylic acids is 1. The lowest BCUT2D eigenvalue weighted by Gasteiger charge is -2.08. The highest BCUT2D eigenvalue weighted by molar-refractivity contribution is 5.94. The molecule has 0 aromatic heterocycles. The average Bonchev–Trinajstić information content (AvgIpc) is 2.30. The second kappa shape index (κ2) is 6.52. The quantitative estimate of drug-likeness (QED) is 0.737. The number of esters is 1. The highest BCUT2D eigenvalue weighted by atomic mass is 16.5. The smallest absolute Gasteiger partial charge is 0.337 e. The van der Waals surface area contributed by atoms with Crippen LogP contribution in [0.4, 0.5) is 5.69 Å². The lowest BCUT2D eigenvalue weighted by Crippen LogP contribution is -2.13. The van der Waals surface area contributed by atoms with Gasteiger partial charge in [0.15, 0.2) is 0 Å². The molecule has 0 aliphatic carbocycles. The van der Waals surface area contributed by atoms with E-state index in [0.717, 1.165) is 0 Å². The third-order valence-electron chi connectivity index (χ3n) is 2.11. The second-order valence-electron chi connectivity index (χ2n) is 3.33. The van der Waals surface area contributed by atoms with Crippen LogP contribution in [0, 0.1) is 0 Å². The highest BCUT2D eigenvalue weighted by Crippen LogP contribution is 2.14. The molecule has 0 atom stereocenters. The van der Waals surface area contributed by atoms with Crippen molar-refractivity contribution in [3.05, 3.63) is 29.8 Å². The van der Waals surface area contributed by atoms with Gasteiger partial charge in [-0.15, -0.1) is 0 Å². The summed E-state index contributed by atoms with van der Waals surface area (Å²) < 4.78 is 4.76. The van der Waals surface area contributed by atoms with Crippen LogP contribution in [0.3, 0.4) is 0 Å². The Morgan fingerprint density at radius 3 is 2.71 bits per heavy atom. The molecule has 5 nitrogen and oxygen atoms in total. The van der Waals surface area contributed by atoms with Crippen LogP contribution in [0.25, 0.3) is 0 Å². The van der Waals surface area contributed by atoms with Gasteiger partial charge in [0, 0.05) is 12.2 Å². The monoisotopic (exact) mass is 237 g/mol. The van der Waals surface area contributed by atoms with E-state index in [9.17, 15) is 9.59 Å². The molecular formula is C12H15NO4. The average molecular weight is 237 g/mol. The number of hydrogen-bond donors (Lipinski definition) is 2. The van der Waals surface area contributed by atoms with Crippen molar-refractivity contribution < 1.29 is 19.4 Å². The van der Waals surface area contributed by atoms with Crippen LogP contribution in [0.15, 0.2) is 24.3 Å². The summed E-state index contributed by atoms with van der Waals surface area (Å²) in [5, 5.41) is 11.8. The zero-order valence-electron chi connectivity index (χ0n) is 9.60. The van der Waals surface area contributed by atoms with E-state index in [-0.39, 0.29) is 18.0 Å². The zero-order valence-corrected chi connectivity index (χ0v) is 9.60. The minimum atomic E-state index is -0.996. The van der Waals surface area contributed by atoms with E-state index in [2.05, 4.69) is 5.32 Å². The number of carboxylic acid groups (broad SMARTS) is 1. The highest BCUT2D eigenvalue weighted by Gasteiger charge is 2.08. The number of ether oxygens (including phenoxy) is 1. The summed E-state index contributed by atoms with van der Waals surface area (Å²) in [7, 11) is 0. The maximum Gasteiger partial charge on any atom is 0.337 e. The van der Waals surface area contributed by atoms with Gasteiger partial charge in [-0.2, -0.15) is 0 Å². The molecule has 0 amide bonds. The lowest BCUT2D eigenvalue weighted by atomic mass is 10.2. The summed E-state index contributed by atoms with van der Waals surface area (Å²) in [6.45, 7) is 2.44. The fourth-order valence-corrected chi connectivity index (χ4v) is 1.36. The molecule has 1 aromatic rings. The van der Waals surface area contributed by atoms with E-state index in [0.29, 0.717) is 18.8 Å². The number of carbonyl (C=O) groups is 2. The van der Waals surface area contributed by atoms with Crippen LogP contribution < -0.4 is 5.32 Å². The summed E-state index contributed by atoms with van der Waals surface area (Å²) in [5.41, 5.74) is 0.695. The molecule has 0 fully saturated rings. The molecule has 0 heterocycles. The normalized spacial score (nSPS) is 9.71. The fourth-order valence-electron chi connectivity index (χ4n) is 1.36. The van der Waals surface area contributed by atoms with Gasteiger partial charge in [0.25, 0.3) is 0 Å². The molecule has 92 valence electrons. The van der Waals surface area contributed by atoms with Crippen molar-refractivity contribution >= 4 is 17.6 Å². The summed E-state index contributed by atoms with van der Waals surface area (Å²) in [5.74, 6) is -1.29. The Hall–Kier alpha value is -2.04. The molecule has 5 heteroatoms. The van der Waals surface area contributed by atoms with Gasteiger partial charge in [-0.25, -0.2) is 4.79 Å². The lowest BCUT2D eigenvalue weighted by molar-refractivity contribution is -0.142. The molecule has 1 rings (SSSR count). The number of nitrogens with one attached hydrogen (secondary N) is 1. The zero-order chi connectivity index (χ0) is 12.7. The third-order valence-corrected chi connectivity index (χ3v) is 2.11. The molecule has 0 spiro atoms. The first-order chi connectivity index (χ1) is 8.15. The predicted octanol–water partition coefficient (Wildman–Crippen LogP) is 1.75. The van der Waals surface area contributed by atoms with E-state index in [1.54, 1.807) is 25.1 Å². The van der Waals surface area contributed by atoms with E-state index in [1.165, 1.54) is 6.07 Å². The fraction of sp³-hybridized carbons (Fsp3) is 0.333. The molecule has 0 aliphatic rings. The van der Waals surface area contributed by atoms with E-state index < -0.39 is 5.97 Å². The second-order valence-corrected chi connectivity index (χ2v) is 3.33. The number of aromatic carboxylic acids is 1. The summed E-state index contributed by atoms with van der Waals surface area (Å²) >= 11 is 0. The molecule has 0 radical (unpaired) electrons. The van der Waals surface area contributed by atoms with E-state index in [4.69, 9.17) is 9.84 Å². The molecule has 0 saturated heterocycles. The van der Waals surface area contributed by atoms with Crippen LogP contribution >= 0.6 is 0 Å². The Morgan fingerprint density at radius 1 is 1.35 bits per heavy atom. The van der Waals surface area contributed by atoms with Gasteiger partial charge in [0.2, 0.25) is 0 Å². The van der Waals surface area contributed by atoms with E-state index in [1.807, 2.05) is 0 Å². The SMILES string of the molecule is CCOC(=O)CCNc1ccccc1C(=O)O. The molecule has 0 unspecified atom stereocenters. The van der Waals surface area contributed by atoms with Gasteiger partial charge < -0.3 is 15.2 Å². The van der Waals surface area contributed by atoms with Crippen molar-refractivity contribution in [3.63, 3.8) is 0 Å². The number of benzene rings is 1. The van der Waals surface area contributed by atoms with Crippen molar-refractivity contribution in [1.29, 1.82) is 0 Å². The van der Waals surface area contributed by atoms with Crippen molar-refractivity contribution in [3.8, 4) is 0 Å². The summed E-state index contributed by atoms with van der Waals surface area (Å²) in [6.07, 6.45) is 0.210. The number of carbonyl (C=O) groups excluding carboxylic acids is 1. The number of anilines is 1. The predicted molar refractivity (Wildman–Crippen MR) is 63.1 cm³/mol. The minimum Gasteiger partial charge on any atom is -0.478 e. The van der Waals surface area contributed by atoms with Gasteiger partial charge in [-0.3, -0.25) is 4.79 Å². The van der Waals surface area contributed by atoms with Crippen LogP contribution in [0.2, 0.25) is 0 Å². The van der Waals surface area contributed by atoms with Crippen molar-refractivity contribution in [2.75, 3.05) is 18.5 Å². The first-order valence-electron chi connectivity index (χ1n) is 5.37. The van der Waals surface area contributed by atoms with Crippen LogP contribution in [-0.4, -0.2) is 30.2 Å². The largest absolute Gasteiger partial charge is 0.478 e. The van der Waals surface area contributed by atoms with Gasteiger partial charge in [0.05, 0.1) is 18.6 Å². The van der Waals surface area contributed by atoms with Crippen molar-refractivity contribution in [2.24, 2.45) is 0 Å². The first-order valence-corrected chi connectivity index (χ1v) is 5.37. The van der Waals surface area contributed by atoms with Crippen molar-refractivity contribution in [2.45, 2.75) is 13.3 Å². The van der Waals surface area contributed by atoms with Gasteiger partial charge >= 0.3 is 11.9 Å². The molecule has 1 aromatic carbocycles. The number of para-hydroxylation sites is 1. The van der Waals surface area contributed by atoms with E-state index >= 15 is 0 Å². The maximum absolute atomic E-state index is 11.1. The minimum absolute atomic E-state index is 0.191. The Labute approximate surface area is 99.4 Å². The van der Waals surface area contributed by atoms with Gasteiger partial charge in [-0.05, 0) is 19.1 Å². The summed E-state index contributed by atoms with van der Waals surface area (Å²) in [6, 6.07) is 6.56. The Bertz CT molecular complexity index is 403. The van der Waals surface area contributed by atoms with Crippen LogP contribution in [-0.2, 0) is 9.53 Å². The Kier molecular flexibility index (Phi) is 5.00. The van der Waals surface area contributed by atoms with Crippen LogP contribution in [0.5, 0.6) is 0 Å². The maximum atomic E-state index is 11.1. The molecule has 0 saturated carbocycles. The van der Waals surface area contributed by atoms with Crippen LogP contribution in [0.1, 0.15) is 23.7 Å². The number of rotatable bonds is 6. The van der Waals surface area contributed by atoms with Gasteiger partial charge in [-0.1, -0.05) is 12.1 Å². The molecule has 17 heavy (non-hydrogen) atoms. The standard InChI is InChI=1S/C12H15NO4/c1-2-17-11(14)7-8-13-10-6-4-3-5-9(10)12(15)16/h3-6,13H,2,7-8H2,1H3,(H,15,16).